The summed E-state index contributed by atoms with van der Waals surface area (Å²) in [6, 6.07) is 5.80. The second kappa shape index (κ2) is 11.1. The van der Waals surface area contributed by atoms with Gasteiger partial charge >= 0.3 is 0 Å². The molecule has 11 heteroatoms. The number of benzene rings is 1. The number of likely N-dealkylation sites (tertiary alicyclic amines) is 2. The molecule has 2 atom stereocenters. The number of hydrogen-bond donors (Lipinski definition) is 1. The summed E-state index contributed by atoms with van der Waals surface area (Å²) in [5.41, 5.74) is 2.81. The normalized spacial score (nSPS) is 28.5. The van der Waals surface area contributed by atoms with Gasteiger partial charge in [-0.3, -0.25) is 9.80 Å². The van der Waals surface area contributed by atoms with E-state index in [2.05, 4.69) is 53.7 Å². The number of halogens is 1. The smallest absolute Gasteiger partial charge is 0.282 e. The van der Waals surface area contributed by atoms with Crippen LogP contribution in [0.15, 0.2) is 37.1 Å². The summed E-state index contributed by atoms with van der Waals surface area (Å²) in [5, 5.41) is 19.0. The Morgan fingerprint density at radius 2 is 1.83 bits per heavy atom. The summed E-state index contributed by atoms with van der Waals surface area (Å²) >= 11 is 0. The van der Waals surface area contributed by atoms with Gasteiger partial charge in [-0.1, -0.05) is 13.8 Å². The molecule has 248 valence electrons. The van der Waals surface area contributed by atoms with E-state index < -0.39 is 0 Å². The van der Waals surface area contributed by atoms with Crippen LogP contribution in [0.3, 0.4) is 0 Å². The van der Waals surface area contributed by atoms with Crippen LogP contribution in [-0.4, -0.2) is 97.5 Å². The van der Waals surface area contributed by atoms with Crippen molar-refractivity contribution in [1.82, 2.24) is 34.9 Å². The van der Waals surface area contributed by atoms with Crippen molar-refractivity contribution >= 4 is 5.82 Å². The molecule has 0 amide bonds. The van der Waals surface area contributed by atoms with E-state index in [1.807, 2.05) is 0 Å². The summed E-state index contributed by atoms with van der Waals surface area (Å²) in [6.07, 6.45) is 12.9. The van der Waals surface area contributed by atoms with Crippen molar-refractivity contribution in [3.8, 4) is 22.8 Å². The highest BCUT2D eigenvalue weighted by atomic mass is 19.1. The fourth-order valence-electron chi connectivity index (χ4n) is 9.47. The lowest BCUT2D eigenvalue weighted by molar-refractivity contribution is -0.0790. The molecular weight excluding hydrogens is 595 g/mol. The first-order valence-electron chi connectivity index (χ1n) is 17.7. The van der Waals surface area contributed by atoms with Crippen LogP contribution in [0.25, 0.3) is 11.1 Å². The summed E-state index contributed by atoms with van der Waals surface area (Å²) < 4.78 is 21.0. The van der Waals surface area contributed by atoms with Crippen molar-refractivity contribution in [3.05, 3.63) is 48.6 Å². The summed E-state index contributed by atoms with van der Waals surface area (Å²) in [6.45, 7) is 10.8. The molecule has 6 fully saturated rings. The average molecular weight is 641 g/mol. The largest absolute Gasteiger partial charge is 0.434 e. The Balaban J connectivity index is 0.874. The molecule has 1 N–H and O–H groups in total. The zero-order valence-corrected chi connectivity index (χ0v) is 27.4. The third kappa shape index (κ3) is 5.29. The highest BCUT2D eigenvalue weighted by Crippen LogP contribution is 2.55. The monoisotopic (exact) mass is 640 g/mol. The van der Waals surface area contributed by atoms with Crippen LogP contribution in [0.1, 0.15) is 70.4 Å². The number of β-amino-alcohol motifs (C(OH)–C–C–N with tert-alkyl or cyclic N) is 1. The zero-order valence-electron chi connectivity index (χ0n) is 27.4. The molecule has 47 heavy (non-hydrogen) atoms. The van der Waals surface area contributed by atoms with Gasteiger partial charge < -0.3 is 14.7 Å². The van der Waals surface area contributed by atoms with Gasteiger partial charge in [0, 0.05) is 85.4 Å². The van der Waals surface area contributed by atoms with Gasteiger partial charge in [0.25, 0.3) is 5.88 Å². The van der Waals surface area contributed by atoms with Gasteiger partial charge in [-0.25, -0.2) is 19.3 Å². The number of anilines is 1. The molecule has 2 spiro atoms. The molecule has 3 saturated heterocycles. The van der Waals surface area contributed by atoms with Crippen molar-refractivity contribution in [1.29, 1.82) is 0 Å². The predicted molar refractivity (Wildman–Crippen MR) is 175 cm³/mol. The third-order valence-corrected chi connectivity index (χ3v) is 12.3. The third-order valence-electron chi connectivity index (χ3n) is 12.3. The van der Waals surface area contributed by atoms with Gasteiger partial charge in [0.2, 0.25) is 0 Å². The standard InChI is InChI=1S/C36H45FN8O2/c1-22(2)32(24-11-26(12-24)44-15-30(46)36(19-44)7-8-36)45-17-35(18-45)9-10-43(16-35)33-34(42-41-21-40-33)47-29-6-5-25(37)13-27(29)28-14-38-20-39-31(28)23-3-4-23/h5-6,13-14,20-24,26,30,32,46H,3-4,7-12,15-19H2,1-2H3/t24?,26?,30?,32-/m1/s1. The lowest BCUT2D eigenvalue weighted by Gasteiger charge is -2.57. The molecule has 1 aromatic carbocycles. The lowest BCUT2D eigenvalue weighted by atomic mass is 9.68. The molecule has 3 aromatic rings. The maximum Gasteiger partial charge on any atom is 0.282 e. The molecule has 3 saturated carbocycles. The van der Waals surface area contributed by atoms with Crippen LogP contribution >= 0.6 is 0 Å². The van der Waals surface area contributed by atoms with E-state index in [0.29, 0.717) is 46.9 Å². The lowest BCUT2D eigenvalue weighted by Crippen LogP contribution is -2.65. The van der Waals surface area contributed by atoms with Crippen LogP contribution in [0.4, 0.5) is 10.2 Å². The van der Waals surface area contributed by atoms with Gasteiger partial charge in [-0.2, -0.15) is 0 Å². The van der Waals surface area contributed by atoms with Crippen LogP contribution in [-0.2, 0) is 0 Å². The molecule has 0 bridgehead atoms. The summed E-state index contributed by atoms with van der Waals surface area (Å²) in [5.74, 6) is 2.88. The number of aromatic nitrogens is 5. The summed E-state index contributed by atoms with van der Waals surface area (Å²) in [4.78, 5) is 21.1. The second-order valence-corrected chi connectivity index (χ2v) is 15.9. The van der Waals surface area contributed by atoms with E-state index in [9.17, 15) is 9.50 Å². The minimum Gasteiger partial charge on any atom is -0.434 e. The van der Waals surface area contributed by atoms with Crippen molar-refractivity contribution in [3.63, 3.8) is 0 Å². The number of nitrogens with zero attached hydrogens (tertiary/aromatic N) is 8. The Morgan fingerprint density at radius 1 is 1.00 bits per heavy atom. The van der Waals surface area contributed by atoms with Gasteiger partial charge in [0.1, 0.15) is 24.2 Å². The van der Waals surface area contributed by atoms with Crippen molar-refractivity contribution in [2.75, 3.05) is 44.2 Å². The zero-order chi connectivity index (χ0) is 31.9. The molecule has 3 aliphatic heterocycles. The topological polar surface area (TPSA) is 104 Å². The van der Waals surface area contributed by atoms with Crippen molar-refractivity contribution in [2.24, 2.45) is 22.7 Å². The van der Waals surface area contributed by atoms with Gasteiger partial charge in [-0.15, -0.1) is 10.2 Å². The fraction of sp³-hybridized carbons (Fsp3) is 0.639. The van der Waals surface area contributed by atoms with Crippen LogP contribution in [0, 0.1) is 28.5 Å². The molecule has 5 heterocycles. The molecular formula is C36H45FN8O2. The van der Waals surface area contributed by atoms with Gasteiger partial charge in [-0.05, 0) is 75.0 Å². The molecule has 0 radical (unpaired) electrons. The number of ether oxygens (including phenoxy) is 1. The SMILES string of the molecule is CC(C)[C@H](C1CC(N2CC(O)C3(CC3)C2)C1)N1CC2(CCN(c3ncnnc3Oc3ccc(F)cc3-c3cncnc3C3CC3)C2)C1. The molecule has 6 aliphatic rings. The maximum absolute atomic E-state index is 14.6. The molecule has 9 rings (SSSR count). The number of aliphatic hydroxyl groups excluding tert-OH is 1. The Morgan fingerprint density at radius 3 is 2.57 bits per heavy atom. The Hall–Kier alpha value is -3.28. The highest BCUT2D eigenvalue weighted by molar-refractivity contribution is 5.73. The Kier molecular flexibility index (Phi) is 7.07. The van der Waals surface area contributed by atoms with Crippen LogP contribution in [0.2, 0.25) is 0 Å². The maximum atomic E-state index is 14.6. The molecule has 2 aromatic heterocycles. The van der Waals surface area contributed by atoms with Crippen LogP contribution < -0.4 is 9.64 Å². The van der Waals surface area contributed by atoms with Crippen LogP contribution in [0.5, 0.6) is 11.6 Å². The number of hydrogen-bond acceptors (Lipinski definition) is 10. The minimum atomic E-state index is -0.343. The minimum absolute atomic E-state index is 0.115. The second-order valence-electron chi connectivity index (χ2n) is 15.9. The first-order chi connectivity index (χ1) is 22.8. The predicted octanol–water partition coefficient (Wildman–Crippen LogP) is 4.91. The number of rotatable bonds is 9. The molecule has 3 aliphatic carbocycles. The average Bonchev–Trinajstić information content (AvgIpc) is 3.95. The van der Waals surface area contributed by atoms with E-state index >= 15 is 0 Å². The highest BCUT2D eigenvalue weighted by Gasteiger charge is 2.58. The molecule has 1 unspecified atom stereocenters. The van der Waals surface area contributed by atoms with E-state index in [0.717, 1.165) is 75.7 Å². The fourth-order valence-corrected chi connectivity index (χ4v) is 9.47. The van der Waals surface area contributed by atoms with Gasteiger partial charge in [0.05, 0.1) is 11.8 Å². The number of aliphatic hydroxyl groups is 1. The molecule has 10 nitrogen and oxygen atoms in total. The Bertz CT molecular complexity index is 1650. The quantitative estimate of drug-likeness (QED) is 0.347. The van der Waals surface area contributed by atoms with Crippen molar-refractivity contribution in [2.45, 2.75) is 82.9 Å². The van der Waals surface area contributed by atoms with Crippen molar-refractivity contribution < 1.29 is 14.2 Å². The van der Waals surface area contributed by atoms with E-state index in [-0.39, 0.29) is 22.8 Å². The van der Waals surface area contributed by atoms with E-state index in [4.69, 9.17) is 4.74 Å². The first-order valence-corrected chi connectivity index (χ1v) is 17.7. The van der Waals surface area contributed by atoms with E-state index in [1.165, 1.54) is 44.1 Å². The summed E-state index contributed by atoms with van der Waals surface area (Å²) in [7, 11) is 0. The van der Waals surface area contributed by atoms with E-state index in [1.54, 1.807) is 18.6 Å². The Labute approximate surface area is 275 Å². The van der Waals surface area contributed by atoms with Gasteiger partial charge in [0.15, 0.2) is 5.82 Å². The first kappa shape index (κ1) is 29.8.